The highest BCUT2D eigenvalue weighted by atomic mass is 16.5. The molecule has 0 aliphatic carbocycles. The van der Waals surface area contributed by atoms with E-state index in [1.54, 1.807) is 19.2 Å². The third kappa shape index (κ3) is 2.36. The van der Waals surface area contributed by atoms with Gasteiger partial charge in [-0.25, -0.2) is 0 Å². The number of likely N-dealkylation sites (tertiary alicyclic amines) is 1. The van der Waals surface area contributed by atoms with Crippen LogP contribution in [0, 0.1) is 0 Å². The van der Waals surface area contributed by atoms with Crippen LogP contribution in [0.4, 0.5) is 0 Å². The van der Waals surface area contributed by atoms with Crippen LogP contribution in [-0.4, -0.2) is 36.3 Å². The Kier molecular flexibility index (Phi) is 3.46. The standard InChI is InChI=1S/C13H19NO2/c1-10(11-3-5-12(15)6-4-11)14-8-7-13(9-14)16-2/h3-6,10,13,15H,7-9H2,1-2H3. The summed E-state index contributed by atoms with van der Waals surface area (Å²) in [6.07, 6.45) is 1.48. The van der Waals surface area contributed by atoms with E-state index in [0.717, 1.165) is 19.5 Å². The molecule has 0 spiro atoms. The van der Waals surface area contributed by atoms with E-state index in [1.165, 1.54) is 5.56 Å². The lowest BCUT2D eigenvalue weighted by Crippen LogP contribution is -2.26. The zero-order chi connectivity index (χ0) is 11.5. The molecule has 1 fully saturated rings. The fourth-order valence-electron chi connectivity index (χ4n) is 2.26. The fourth-order valence-corrected chi connectivity index (χ4v) is 2.26. The molecule has 0 amide bonds. The summed E-state index contributed by atoms with van der Waals surface area (Å²) < 4.78 is 5.36. The van der Waals surface area contributed by atoms with Gasteiger partial charge in [0.2, 0.25) is 0 Å². The Morgan fingerprint density at radius 3 is 2.62 bits per heavy atom. The number of methoxy groups -OCH3 is 1. The summed E-state index contributed by atoms with van der Waals surface area (Å²) >= 11 is 0. The molecule has 16 heavy (non-hydrogen) atoms. The molecule has 0 saturated carbocycles. The monoisotopic (exact) mass is 221 g/mol. The number of rotatable bonds is 3. The molecule has 88 valence electrons. The van der Waals surface area contributed by atoms with Crippen molar-refractivity contribution in [2.24, 2.45) is 0 Å². The Morgan fingerprint density at radius 1 is 1.38 bits per heavy atom. The number of hydrogen-bond acceptors (Lipinski definition) is 3. The first-order valence-electron chi connectivity index (χ1n) is 5.76. The van der Waals surface area contributed by atoms with Gasteiger partial charge in [-0.15, -0.1) is 0 Å². The van der Waals surface area contributed by atoms with Crippen molar-refractivity contribution < 1.29 is 9.84 Å². The van der Waals surface area contributed by atoms with Crippen molar-refractivity contribution in [3.8, 4) is 5.75 Å². The highest BCUT2D eigenvalue weighted by molar-refractivity contribution is 5.27. The zero-order valence-electron chi connectivity index (χ0n) is 9.89. The van der Waals surface area contributed by atoms with Gasteiger partial charge in [-0.3, -0.25) is 4.90 Å². The second kappa shape index (κ2) is 4.85. The first kappa shape index (κ1) is 11.4. The van der Waals surface area contributed by atoms with Gasteiger partial charge in [0, 0.05) is 26.2 Å². The molecule has 1 aliphatic rings. The lowest BCUT2D eigenvalue weighted by molar-refractivity contribution is 0.102. The van der Waals surface area contributed by atoms with Crippen LogP contribution in [-0.2, 0) is 4.74 Å². The predicted octanol–water partition coefficient (Wildman–Crippen LogP) is 2.17. The minimum Gasteiger partial charge on any atom is -0.508 e. The smallest absolute Gasteiger partial charge is 0.115 e. The number of hydrogen-bond donors (Lipinski definition) is 1. The quantitative estimate of drug-likeness (QED) is 0.849. The van der Waals surface area contributed by atoms with Crippen LogP contribution in [0.2, 0.25) is 0 Å². The van der Waals surface area contributed by atoms with Crippen LogP contribution in [0.15, 0.2) is 24.3 Å². The van der Waals surface area contributed by atoms with E-state index in [-0.39, 0.29) is 0 Å². The maximum atomic E-state index is 9.25. The average molecular weight is 221 g/mol. The molecule has 1 aromatic carbocycles. The fraction of sp³-hybridized carbons (Fsp3) is 0.538. The van der Waals surface area contributed by atoms with Crippen LogP contribution in [0.3, 0.4) is 0 Å². The highest BCUT2D eigenvalue weighted by Gasteiger charge is 2.26. The molecule has 0 bridgehead atoms. The average Bonchev–Trinajstić information content (AvgIpc) is 2.77. The minimum atomic E-state index is 0.326. The molecule has 2 unspecified atom stereocenters. The molecular weight excluding hydrogens is 202 g/mol. The number of ether oxygens (including phenoxy) is 1. The van der Waals surface area contributed by atoms with E-state index >= 15 is 0 Å². The Bertz CT molecular complexity index is 336. The van der Waals surface area contributed by atoms with Crippen molar-refractivity contribution in [3.05, 3.63) is 29.8 Å². The van der Waals surface area contributed by atoms with Gasteiger partial charge < -0.3 is 9.84 Å². The first-order chi connectivity index (χ1) is 7.70. The van der Waals surface area contributed by atoms with E-state index in [1.807, 2.05) is 12.1 Å². The van der Waals surface area contributed by atoms with Crippen molar-refractivity contribution in [1.29, 1.82) is 0 Å². The molecule has 1 saturated heterocycles. The van der Waals surface area contributed by atoms with Gasteiger partial charge in [-0.05, 0) is 31.0 Å². The zero-order valence-corrected chi connectivity index (χ0v) is 9.89. The predicted molar refractivity (Wildman–Crippen MR) is 63.5 cm³/mol. The van der Waals surface area contributed by atoms with E-state index in [9.17, 15) is 5.11 Å². The summed E-state index contributed by atoms with van der Waals surface area (Å²) in [6.45, 7) is 4.28. The SMILES string of the molecule is COC1CCN(C(C)c2ccc(O)cc2)C1. The van der Waals surface area contributed by atoms with Crippen LogP contribution < -0.4 is 0 Å². The third-order valence-electron chi connectivity index (χ3n) is 3.43. The van der Waals surface area contributed by atoms with E-state index in [0.29, 0.717) is 17.9 Å². The number of benzene rings is 1. The number of nitrogens with zero attached hydrogens (tertiary/aromatic N) is 1. The summed E-state index contributed by atoms with van der Waals surface area (Å²) in [7, 11) is 1.78. The van der Waals surface area contributed by atoms with Crippen molar-refractivity contribution in [2.75, 3.05) is 20.2 Å². The van der Waals surface area contributed by atoms with Crippen LogP contribution in [0.5, 0.6) is 5.75 Å². The maximum Gasteiger partial charge on any atom is 0.115 e. The lowest BCUT2D eigenvalue weighted by atomic mass is 10.1. The summed E-state index contributed by atoms with van der Waals surface area (Å²) in [6, 6.07) is 7.85. The lowest BCUT2D eigenvalue weighted by Gasteiger charge is -2.24. The topological polar surface area (TPSA) is 32.7 Å². The number of phenols is 1. The van der Waals surface area contributed by atoms with Gasteiger partial charge in [-0.2, -0.15) is 0 Å². The van der Waals surface area contributed by atoms with Crippen LogP contribution in [0.1, 0.15) is 24.9 Å². The van der Waals surface area contributed by atoms with Gasteiger partial charge in [0.05, 0.1) is 6.10 Å². The molecular formula is C13H19NO2. The molecule has 2 atom stereocenters. The third-order valence-corrected chi connectivity index (χ3v) is 3.43. The highest BCUT2D eigenvalue weighted by Crippen LogP contribution is 2.26. The van der Waals surface area contributed by atoms with Crippen molar-refractivity contribution >= 4 is 0 Å². The second-order valence-electron chi connectivity index (χ2n) is 4.41. The van der Waals surface area contributed by atoms with Crippen LogP contribution in [0.25, 0.3) is 0 Å². The molecule has 3 heteroatoms. The summed E-state index contributed by atoms with van der Waals surface area (Å²) in [4.78, 5) is 2.42. The maximum absolute atomic E-state index is 9.25. The van der Waals surface area contributed by atoms with E-state index in [2.05, 4.69) is 11.8 Å². The number of phenolic OH excluding ortho intramolecular Hbond substituents is 1. The van der Waals surface area contributed by atoms with Crippen LogP contribution >= 0.6 is 0 Å². The number of aromatic hydroxyl groups is 1. The van der Waals surface area contributed by atoms with Crippen molar-refractivity contribution in [1.82, 2.24) is 4.90 Å². The van der Waals surface area contributed by atoms with Gasteiger partial charge in [0.15, 0.2) is 0 Å². The van der Waals surface area contributed by atoms with Gasteiger partial charge >= 0.3 is 0 Å². The Labute approximate surface area is 96.6 Å². The Morgan fingerprint density at radius 2 is 2.06 bits per heavy atom. The first-order valence-corrected chi connectivity index (χ1v) is 5.76. The van der Waals surface area contributed by atoms with E-state index in [4.69, 9.17) is 4.74 Å². The Balaban J connectivity index is 2.02. The molecule has 0 aromatic heterocycles. The van der Waals surface area contributed by atoms with Crippen molar-refractivity contribution in [3.63, 3.8) is 0 Å². The largest absolute Gasteiger partial charge is 0.508 e. The molecule has 0 radical (unpaired) electrons. The normalized spacial score (nSPS) is 23.5. The molecule has 1 aliphatic heterocycles. The Hall–Kier alpha value is -1.06. The second-order valence-corrected chi connectivity index (χ2v) is 4.41. The molecule has 1 heterocycles. The minimum absolute atomic E-state index is 0.326. The molecule has 1 N–H and O–H groups in total. The van der Waals surface area contributed by atoms with Crippen molar-refractivity contribution in [2.45, 2.75) is 25.5 Å². The van der Waals surface area contributed by atoms with Gasteiger partial charge in [-0.1, -0.05) is 12.1 Å². The summed E-state index contributed by atoms with van der Waals surface area (Å²) in [5, 5.41) is 9.25. The molecule has 3 nitrogen and oxygen atoms in total. The van der Waals surface area contributed by atoms with Gasteiger partial charge in [0.25, 0.3) is 0 Å². The van der Waals surface area contributed by atoms with E-state index < -0.39 is 0 Å². The summed E-state index contributed by atoms with van der Waals surface area (Å²) in [5.41, 5.74) is 1.24. The summed E-state index contributed by atoms with van der Waals surface area (Å²) in [5.74, 6) is 0.326. The molecule has 2 rings (SSSR count). The van der Waals surface area contributed by atoms with Gasteiger partial charge in [0.1, 0.15) is 5.75 Å². The molecule has 1 aromatic rings.